The van der Waals surface area contributed by atoms with Crippen LogP contribution in [0.2, 0.25) is 0 Å². The van der Waals surface area contributed by atoms with E-state index in [0.717, 1.165) is 17.2 Å². The lowest BCUT2D eigenvalue weighted by Crippen LogP contribution is -2.17. The van der Waals surface area contributed by atoms with E-state index < -0.39 is 0 Å². The number of nitrogens with one attached hydrogen (secondary N) is 1. The van der Waals surface area contributed by atoms with E-state index in [4.69, 9.17) is 0 Å². The fraction of sp³-hybridized carbons (Fsp3) is 0.222. The van der Waals surface area contributed by atoms with Gasteiger partial charge in [0.05, 0.1) is 17.9 Å². The van der Waals surface area contributed by atoms with Gasteiger partial charge in [-0.2, -0.15) is 4.68 Å². The fourth-order valence-corrected chi connectivity index (χ4v) is 1.74. The van der Waals surface area contributed by atoms with E-state index in [1.807, 2.05) is 0 Å². The summed E-state index contributed by atoms with van der Waals surface area (Å²) in [6.45, 7) is 2.25. The van der Waals surface area contributed by atoms with Crippen molar-refractivity contribution in [2.45, 2.75) is 13.5 Å². The summed E-state index contributed by atoms with van der Waals surface area (Å²) in [6.07, 6.45) is 0. The van der Waals surface area contributed by atoms with Gasteiger partial charge in [0.15, 0.2) is 5.82 Å². The van der Waals surface area contributed by atoms with Gasteiger partial charge in [0, 0.05) is 5.56 Å². The first-order valence-corrected chi connectivity index (χ1v) is 4.58. The highest BCUT2D eigenvalue weighted by atomic mass is 19.1. The lowest BCUT2D eigenvalue weighted by molar-refractivity contribution is 0.616. The minimum atomic E-state index is -0.224. The van der Waals surface area contributed by atoms with Crippen molar-refractivity contribution in [1.29, 1.82) is 0 Å². The summed E-state index contributed by atoms with van der Waals surface area (Å²) in [5.41, 5.74) is 2.14. The second-order valence-corrected chi connectivity index (χ2v) is 3.43. The van der Waals surface area contributed by atoms with Crippen molar-refractivity contribution in [1.82, 2.24) is 20.2 Å². The molecular formula is C9H8FN5. The van der Waals surface area contributed by atoms with Gasteiger partial charge in [-0.1, -0.05) is 0 Å². The van der Waals surface area contributed by atoms with Crippen LogP contribution in [-0.2, 0) is 6.54 Å². The molecule has 3 rings (SSSR count). The molecule has 5 nitrogen and oxygen atoms in total. The number of tetrazole rings is 1. The first-order valence-electron chi connectivity index (χ1n) is 4.58. The zero-order valence-electron chi connectivity index (χ0n) is 8.03. The van der Waals surface area contributed by atoms with Crippen LogP contribution in [-0.4, -0.2) is 20.2 Å². The average Bonchev–Trinajstić information content (AvgIpc) is 2.71. The Kier molecular flexibility index (Phi) is 1.53. The van der Waals surface area contributed by atoms with Crippen molar-refractivity contribution < 1.29 is 4.39 Å². The maximum atomic E-state index is 13.3. The number of rotatable bonds is 0. The van der Waals surface area contributed by atoms with Crippen LogP contribution < -0.4 is 5.32 Å². The van der Waals surface area contributed by atoms with Crippen LogP contribution in [0.15, 0.2) is 12.1 Å². The molecule has 6 heteroatoms. The molecule has 0 unspecified atom stereocenters. The average molecular weight is 205 g/mol. The van der Waals surface area contributed by atoms with Crippen molar-refractivity contribution in [3.05, 3.63) is 29.3 Å². The van der Waals surface area contributed by atoms with E-state index >= 15 is 0 Å². The van der Waals surface area contributed by atoms with Crippen LogP contribution >= 0.6 is 0 Å². The summed E-state index contributed by atoms with van der Waals surface area (Å²) >= 11 is 0. The van der Waals surface area contributed by atoms with Crippen LogP contribution in [0.3, 0.4) is 0 Å². The zero-order chi connectivity index (χ0) is 10.4. The molecule has 0 spiro atoms. The van der Waals surface area contributed by atoms with E-state index in [-0.39, 0.29) is 5.82 Å². The van der Waals surface area contributed by atoms with Gasteiger partial charge in [0.2, 0.25) is 0 Å². The second-order valence-electron chi connectivity index (χ2n) is 3.43. The van der Waals surface area contributed by atoms with E-state index in [0.29, 0.717) is 12.1 Å². The summed E-state index contributed by atoms with van der Waals surface area (Å²) in [4.78, 5) is 0. The number of aromatic nitrogens is 4. The van der Waals surface area contributed by atoms with Crippen LogP contribution in [0.5, 0.6) is 0 Å². The smallest absolute Gasteiger partial charge is 0.175 e. The van der Waals surface area contributed by atoms with Crippen LogP contribution in [0.4, 0.5) is 10.1 Å². The molecule has 15 heavy (non-hydrogen) atoms. The van der Waals surface area contributed by atoms with Crippen molar-refractivity contribution in [2.75, 3.05) is 5.32 Å². The van der Waals surface area contributed by atoms with E-state index in [2.05, 4.69) is 20.8 Å². The van der Waals surface area contributed by atoms with Gasteiger partial charge >= 0.3 is 0 Å². The molecule has 1 aliphatic rings. The first kappa shape index (κ1) is 8.34. The first-order chi connectivity index (χ1) is 7.27. The van der Waals surface area contributed by atoms with Gasteiger partial charge < -0.3 is 5.32 Å². The predicted octanol–water partition coefficient (Wildman–Crippen LogP) is 1.04. The normalized spacial score (nSPS) is 12.9. The molecule has 1 aromatic carbocycles. The molecule has 1 aromatic heterocycles. The van der Waals surface area contributed by atoms with Crippen LogP contribution in [0.25, 0.3) is 5.69 Å². The van der Waals surface area contributed by atoms with Crippen molar-refractivity contribution in [2.24, 2.45) is 0 Å². The third-order valence-corrected chi connectivity index (χ3v) is 2.56. The summed E-state index contributed by atoms with van der Waals surface area (Å²) < 4.78 is 14.9. The molecule has 0 fully saturated rings. The van der Waals surface area contributed by atoms with E-state index in [9.17, 15) is 4.39 Å². The highest BCUT2D eigenvalue weighted by Gasteiger charge is 2.20. The van der Waals surface area contributed by atoms with Gasteiger partial charge in [-0.05, 0) is 29.5 Å². The number of hydrogen-bond acceptors (Lipinski definition) is 4. The Bertz CT molecular complexity index is 533. The van der Waals surface area contributed by atoms with E-state index in [1.165, 1.54) is 6.07 Å². The molecule has 2 aromatic rings. The molecule has 0 saturated heterocycles. The molecule has 0 aliphatic carbocycles. The van der Waals surface area contributed by atoms with Gasteiger partial charge in [-0.25, -0.2) is 4.39 Å². The van der Waals surface area contributed by atoms with Crippen molar-refractivity contribution in [3.63, 3.8) is 0 Å². The molecule has 0 amide bonds. The maximum Gasteiger partial charge on any atom is 0.175 e. The predicted molar refractivity (Wildman–Crippen MR) is 51.2 cm³/mol. The van der Waals surface area contributed by atoms with E-state index in [1.54, 1.807) is 17.7 Å². The Hall–Kier alpha value is -1.98. The Morgan fingerprint density at radius 3 is 3.20 bits per heavy atom. The summed E-state index contributed by atoms with van der Waals surface area (Å²) in [7, 11) is 0. The van der Waals surface area contributed by atoms with Gasteiger partial charge in [-0.3, -0.25) is 0 Å². The molecule has 0 saturated carbocycles. The number of hydrogen-bond donors (Lipinski definition) is 1. The molecule has 1 aliphatic heterocycles. The van der Waals surface area contributed by atoms with Crippen molar-refractivity contribution >= 4 is 5.69 Å². The third-order valence-electron chi connectivity index (χ3n) is 2.56. The SMILES string of the molecule is Cc1c(F)ccc2c1NCc1nnnn1-2. The maximum absolute atomic E-state index is 13.3. The Morgan fingerprint density at radius 2 is 2.33 bits per heavy atom. The minimum Gasteiger partial charge on any atom is -0.376 e. The highest BCUT2D eigenvalue weighted by molar-refractivity contribution is 5.67. The van der Waals surface area contributed by atoms with Gasteiger partial charge in [0.1, 0.15) is 5.82 Å². The topological polar surface area (TPSA) is 55.6 Å². The molecule has 0 atom stereocenters. The lowest BCUT2D eigenvalue weighted by atomic mass is 10.1. The molecule has 0 bridgehead atoms. The lowest BCUT2D eigenvalue weighted by Gasteiger charge is -2.19. The van der Waals surface area contributed by atoms with Gasteiger partial charge in [0.25, 0.3) is 0 Å². The monoisotopic (exact) mass is 205 g/mol. The Labute approximate surface area is 84.9 Å². The number of anilines is 1. The molecule has 0 radical (unpaired) electrons. The van der Waals surface area contributed by atoms with Crippen molar-refractivity contribution in [3.8, 4) is 5.69 Å². The Balaban J connectivity index is 2.31. The summed E-state index contributed by atoms with van der Waals surface area (Å²) in [6, 6.07) is 3.09. The Morgan fingerprint density at radius 1 is 1.47 bits per heavy atom. The van der Waals surface area contributed by atoms with Crippen LogP contribution in [0.1, 0.15) is 11.4 Å². The molecule has 76 valence electrons. The minimum absolute atomic E-state index is 0.224. The van der Waals surface area contributed by atoms with Crippen LogP contribution in [0, 0.1) is 12.7 Å². The molecule has 2 heterocycles. The zero-order valence-corrected chi connectivity index (χ0v) is 8.03. The fourth-order valence-electron chi connectivity index (χ4n) is 1.74. The number of fused-ring (bicyclic) bond motifs is 3. The summed E-state index contributed by atoms with van der Waals surface area (Å²) in [5.74, 6) is 0.506. The number of halogens is 1. The van der Waals surface area contributed by atoms with Gasteiger partial charge in [-0.15, -0.1) is 5.10 Å². The molecule has 1 N–H and O–H groups in total. The summed E-state index contributed by atoms with van der Waals surface area (Å²) in [5, 5.41) is 14.4. The third kappa shape index (κ3) is 1.04. The standard InChI is InChI=1S/C9H8FN5/c1-5-6(10)2-3-7-9(5)11-4-8-12-13-14-15(7)8/h2-3,11H,4H2,1H3. The largest absolute Gasteiger partial charge is 0.376 e. The number of nitrogens with zero attached hydrogens (tertiary/aromatic N) is 4. The highest BCUT2D eigenvalue weighted by Crippen LogP contribution is 2.29. The number of benzene rings is 1. The quantitative estimate of drug-likeness (QED) is 0.698. The second kappa shape index (κ2) is 2.75. The molecular weight excluding hydrogens is 197 g/mol.